The lowest BCUT2D eigenvalue weighted by atomic mass is 10.0. The van der Waals surface area contributed by atoms with Gasteiger partial charge in [0.1, 0.15) is 0 Å². The zero-order valence-corrected chi connectivity index (χ0v) is 26.2. The van der Waals surface area contributed by atoms with Crippen molar-refractivity contribution in [2.45, 2.75) is 0 Å². The molecule has 0 unspecified atom stereocenters. The van der Waals surface area contributed by atoms with Crippen molar-refractivity contribution >= 4 is 45.9 Å². The molecule has 0 heterocycles. The number of carbonyl (C=O) groups excluding carboxylic acids is 2. The van der Waals surface area contributed by atoms with Crippen molar-refractivity contribution in [1.82, 2.24) is 10.9 Å². The number of nitro groups is 2. The molecule has 6 aromatic rings. The number of nitrogens with one attached hydrogen (secondary N) is 2. The summed E-state index contributed by atoms with van der Waals surface area (Å²) in [5, 5.41) is 25.4. The van der Waals surface area contributed by atoms with E-state index < -0.39 is 21.7 Å². The van der Waals surface area contributed by atoms with Gasteiger partial charge in [-0.1, -0.05) is 60.7 Å². The van der Waals surface area contributed by atoms with Crippen LogP contribution in [0.2, 0.25) is 0 Å². The Morgan fingerprint density at radius 2 is 0.720 bits per heavy atom. The fourth-order valence-corrected chi connectivity index (χ4v) is 5.12. The molecule has 246 valence electrons. The molecule has 0 bridgehead atoms. The van der Waals surface area contributed by atoms with Gasteiger partial charge in [0.2, 0.25) is 0 Å². The first-order valence-electron chi connectivity index (χ1n) is 15.3. The van der Waals surface area contributed by atoms with E-state index in [-0.39, 0.29) is 22.5 Å². The van der Waals surface area contributed by atoms with Crippen LogP contribution in [0, 0.1) is 20.2 Å². The zero-order valence-electron chi connectivity index (χ0n) is 26.2. The Hall–Kier alpha value is -7.34. The predicted octanol–water partition coefficient (Wildman–Crippen LogP) is 8.14. The van der Waals surface area contributed by atoms with Crippen LogP contribution in [0.5, 0.6) is 0 Å². The van der Waals surface area contributed by atoms with Crippen molar-refractivity contribution in [3.05, 3.63) is 189 Å². The van der Waals surface area contributed by atoms with Crippen LogP contribution in [-0.4, -0.2) is 21.7 Å². The van der Waals surface area contributed by atoms with E-state index in [1.165, 1.54) is 48.5 Å². The van der Waals surface area contributed by atoms with Crippen LogP contribution in [0.15, 0.2) is 158 Å². The average Bonchev–Trinajstić information content (AvgIpc) is 3.16. The van der Waals surface area contributed by atoms with Crippen LogP contribution >= 0.6 is 0 Å². The molecule has 6 aromatic carbocycles. The molecule has 0 saturated carbocycles. The number of amides is 2. The van der Waals surface area contributed by atoms with Crippen molar-refractivity contribution in [1.29, 1.82) is 0 Å². The number of hydrogen-bond donors (Lipinski definition) is 2. The van der Waals surface area contributed by atoms with Gasteiger partial charge in [-0.25, -0.2) is 0 Å². The van der Waals surface area contributed by atoms with E-state index >= 15 is 0 Å². The number of rotatable bonds is 11. The molecule has 2 N–H and O–H groups in total. The molecule has 12 nitrogen and oxygen atoms in total. The molecule has 2 amide bonds. The lowest BCUT2D eigenvalue weighted by Crippen LogP contribution is -2.39. The van der Waals surface area contributed by atoms with E-state index in [4.69, 9.17) is 0 Å². The van der Waals surface area contributed by atoms with Gasteiger partial charge in [-0.3, -0.25) is 50.7 Å². The predicted molar refractivity (Wildman–Crippen MR) is 190 cm³/mol. The van der Waals surface area contributed by atoms with Crippen LogP contribution in [0.25, 0.3) is 11.1 Å². The van der Waals surface area contributed by atoms with Gasteiger partial charge in [-0.05, 0) is 83.9 Å². The molecule has 0 aromatic heterocycles. The standard InChI is InChI=1S/C38H28N6O6/c45-37(29-15-23-35(24-16-29)43(47)48)39-41(31-7-3-1-4-8-31)33-19-11-27(12-20-33)28-13-21-34(22-14-28)42(32-9-5-2-6-10-32)40-38(46)30-17-25-36(26-18-30)44(49)50/h1-26H,(H,39,45)(H,40,46). The topological polar surface area (TPSA) is 151 Å². The van der Waals surface area contributed by atoms with Crippen LogP contribution in [-0.2, 0) is 0 Å². The number of hydrazine groups is 2. The molecule has 0 radical (unpaired) electrons. The quantitative estimate of drug-likeness (QED) is 0.104. The summed E-state index contributed by atoms with van der Waals surface area (Å²) in [7, 11) is 0. The van der Waals surface area contributed by atoms with Crippen LogP contribution in [0.1, 0.15) is 20.7 Å². The summed E-state index contributed by atoms with van der Waals surface area (Å²) < 4.78 is 0. The average molecular weight is 665 g/mol. The number of para-hydroxylation sites is 2. The third-order valence-electron chi connectivity index (χ3n) is 7.72. The summed E-state index contributed by atoms with van der Waals surface area (Å²) >= 11 is 0. The molecule has 0 aliphatic rings. The molecule has 50 heavy (non-hydrogen) atoms. The van der Waals surface area contributed by atoms with E-state index in [9.17, 15) is 29.8 Å². The summed E-state index contributed by atoms with van der Waals surface area (Å²) in [5.41, 5.74) is 10.7. The number of hydrogen-bond acceptors (Lipinski definition) is 8. The van der Waals surface area contributed by atoms with E-state index in [0.29, 0.717) is 22.7 Å². The Morgan fingerprint density at radius 3 is 1.02 bits per heavy atom. The molecule has 0 aliphatic heterocycles. The molecule has 0 saturated heterocycles. The fourth-order valence-electron chi connectivity index (χ4n) is 5.12. The van der Waals surface area contributed by atoms with Crippen molar-refractivity contribution < 1.29 is 19.4 Å². The number of nitro benzene ring substituents is 2. The van der Waals surface area contributed by atoms with Gasteiger partial charge in [0.25, 0.3) is 23.2 Å². The van der Waals surface area contributed by atoms with E-state index in [2.05, 4.69) is 10.9 Å². The second-order valence-corrected chi connectivity index (χ2v) is 10.9. The van der Waals surface area contributed by atoms with Crippen LogP contribution < -0.4 is 20.9 Å². The zero-order chi connectivity index (χ0) is 35.0. The molecular formula is C38H28N6O6. The number of carbonyl (C=O) groups is 2. The van der Waals surface area contributed by atoms with E-state index in [1.54, 1.807) is 10.0 Å². The SMILES string of the molecule is O=C(NN(c1ccccc1)c1ccc(-c2ccc(N(NC(=O)c3ccc([N+](=O)[O-])cc3)c3ccccc3)cc2)cc1)c1ccc([N+](=O)[O-])cc1. The highest BCUT2D eigenvalue weighted by molar-refractivity contribution is 5.97. The van der Waals surface area contributed by atoms with Crippen LogP contribution in [0.4, 0.5) is 34.1 Å². The summed E-state index contributed by atoms with van der Waals surface area (Å²) in [6.45, 7) is 0. The third-order valence-corrected chi connectivity index (χ3v) is 7.72. The van der Waals surface area contributed by atoms with Gasteiger partial charge in [0.15, 0.2) is 0 Å². The maximum absolute atomic E-state index is 13.2. The lowest BCUT2D eigenvalue weighted by Gasteiger charge is -2.26. The summed E-state index contributed by atoms with van der Waals surface area (Å²) in [6, 6.07) is 44.5. The summed E-state index contributed by atoms with van der Waals surface area (Å²) in [5.74, 6) is -0.876. The second kappa shape index (κ2) is 14.6. The van der Waals surface area contributed by atoms with Crippen molar-refractivity contribution in [2.24, 2.45) is 0 Å². The molecule has 0 atom stereocenters. The Labute approximate surface area is 286 Å². The molecule has 12 heteroatoms. The maximum atomic E-state index is 13.2. The molecule has 6 rings (SSSR count). The highest BCUT2D eigenvalue weighted by atomic mass is 16.6. The normalized spacial score (nSPS) is 10.5. The van der Waals surface area contributed by atoms with E-state index in [0.717, 1.165) is 11.1 Å². The number of nitrogens with zero attached hydrogens (tertiary/aromatic N) is 4. The van der Waals surface area contributed by atoms with Gasteiger partial charge in [0, 0.05) is 35.4 Å². The second-order valence-electron chi connectivity index (χ2n) is 10.9. The third kappa shape index (κ3) is 7.45. The van der Waals surface area contributed by atoms with Crippen molar-refractivity contribution in [3.8, 4) is 11.1 Å². The van der Waals surface area contributed by atoms with Gasteiger partial charge >= 0.3 is 0 Å². The van der Waals surface area contributed by atoms with Crippen LogP contribution in [0.3, 0.4) is 0 Å². The largest absolute Gasteiger partial charge is 0.270 e. The van der Waals surface area contributed by atoms with Crippen molar-refractivity contribution in [3.63, 3.8) is 0 Å². The first-order valence-corrected chi connectivity index (χ1v) is 15.3. The summed E-state index contributed by atoms with van der Waals surface area (Å²) in [4.78, 5) is 47.4. The summed E-state index contributed by atoms with van der Waals surface area (Å²) in [6.07, 6.45) is 0. The lowest BCUT2D eigenvalue weighted by molar-refractivity contribution is -0.385. The smallest absolute Gasteiger partial charge is 0.267 e. The molecule has 0 spiro atoms. The first kappa shape index (κ1) is 32.6. The number of benzene rings is 6. The highest BCUT2D eigenvalue weighted by Crippen LogP contribution is 2.30. The monoisotopic (exact) mass is 664 g/mol. The Bertz CT molecular complexity index is 1970. The minimum Gasteiger partial charge on any atom is -0.267 e. The van der Waals surface area contributed by atoms with Gasteiger partial charge in [-0.15, -0.1) is 0 Å². The number of anilines is 4. The van der Waals surface area contributed by atoms with Crippen molar-refractivity contribution in [2.75, 3.05) is 10.0 Å². The Kier molecular flexibility index (Phi) is 9.52. The Balaban J connectivity index is 1.22. The van der Waals surface area contributed by atoms with Gasteiger partial charge < -0.3 is 0 Å². The van der Waals surface area contributed by atoms with E-state index in [1.807, 2.05) is 109 Å². The minimum absolute atomic E-state index is 0.107. The fraction of sp³-hybridized carbons (Fsp3) is 0. The Morgan fingerprint density at radius 1 is 0.420 bits per heavy atom. The highest BCUT2D eigenvalue weighted by Gasteiger charge is 2.18. The molecular weight excluding hydrogens is 636 g/mol. The minimum atomic E-state index is -0.519. The first-order chi connectivity index (χ1) is 24.3. The number of non-ortho nitro benzene ring substituents is 2. The molecule has 0 fully saturated rings. The maximum Gasteiger partial charge on any atom is 0.270 e. The van der Waals surface area contributed by atoms with Gasteiger partial charge in [-0.2, -0.15) is 0 Å². The van der Waals surface area contributed by atoms with Gasteiger partial charge in [0.05, 0.1) is 32.6 Å². The molecule has 0 aliphatic carbocycles.